The smallest absolute Gasteiger partial charge is 0.241 e. The summed E-state index contributed by atoms with van der Waals surface area (Å²) in [5.41, 5.74) is 0.873. The Morgan fingerprint density at radius 2 is 1.89 bits per heavy atom. The van der Waals surface area contributed by atoms with Crippen LogP contribution in [0.15, 0.2) is 48.5 Å². The summed E-state index contributed by atoms with van der Waals surface area (Å²) in [6, 6.07) is 12.9. The van der Waals surface area contributed by atoms with Gasteiger partial charge in [0.1, 0.15) is 11.6 Å². The highest BCUT2D eigenvalue weighted by atomic mass is 19.1. The molecule has 1 atom stereocenters. The van der Waals surface area contributed by atoms with Crippen molar-refractivity contribution < 1.29 is 18.7 Å². The molecule has 2 N–H and O–H groups in total. The molecule has 1 aliphatic heterocycles. The molecule has 1 heterocycles. The fourth-order valence-corrected chi connectivity index (χ4v) is 3.31. The molecular weight excluding hydrogens is 361 g/mol. The molecule has 6 nitrogen and oxygen atoms in total. The van der Waals surface area contributed by atoms with E-state index in [9.17, 15) is 14.0 Å². The van der Waals surface area contributed by atoms with Gasteiger partial charge in [0.05, 0.1) is 18.8 Å². The van der Waals surface area contributed by atoms with Crippen LogP contribution in [-0.4, -0.2) is 43.0 Å². The topological polar surface area (TPSA) is 70.7 Å². The average molecular weight is 385 g/mol. The Morgan fingerprint density at radius 1 is 1.14 bits per heavy atom. The number of hydrogen-bond acceptors (Lipinski definition) is 4. The zero-order valence-electron chi connectivity index (χ0n) is 15.8. The van der Waals surface area contributed by atoms with Crippen LogP contribution in [0.4, 0.5) is 15.8 Å². The molecule has 0 aromatic heterocycles. The van der Waals surface area contributed by atoms with Crippen LogP contribution in [0.2, 0.25) is 0 Å². The van der Waals surface area contributed by atoms with Gasteiger partial charge in [-0.2, -0.15) is 0 Å². The number of para-hydroxylation sites is 1. The van der Waals surface area contributed by atoms with E-state index in [1.165, 1.54) is 12.1 Å². The molecule has 3 rings (SSSR count). The molecule has 2 aromatic rings. The molecule has 2 aromatic carbocycles. The van der Waals surface area contributed by atoms with Crippen LogP contribution in [-0.2, 0) is 9.59 Å². The molecule has 1 unspecified atom stereocenters. The molecule has 0 spiro atoms. The highest BCUT2D eigenvalue weighted by molar-refractivity contribution is 5.95. The Balaban J connectivity index is 1.51. The monoisotopic (exact) mass is 385 g/mol. The van der Waals surface area contributed by atoms with Gasteiger partial charge in [-0.3, -0.25) is 14.5 Å². The van der Waals surface area contributed by atoms with Gasteiger partial charge in [-0.05, 0) is 55.8 Å². The number of rotatable bonds is 7. The van der Waals surface area contributed by atoms with Crippen molar-refractivity contribution in [1.82, 2.24) is 4.90 Å². The maximum absolute atomic E-state index is 13.6. The van der Waals surface area contributed by atoms with Gasteiger partial charge in [0.15, 0.2) is 0 Å². The van der Waals surface area contributed by atoms with Crippen molar-refractivity contribution in [3.05, 3.63) is 54.3 Å². The van der Waals surface area contributed by atoms with Gasteiger partial charge in [0, 0.05) is 18.7 Å². The molecule has 28 heavy (non-hydrogen) atoms. The minimum atomic E-state index is -0.464. The molecule has 0 bridgehead atoms. The highest BCUT2D eigenvalue weighted by Crippen LogP contribution is 2.21. The lowest BCUT2D eigenvalue weighted by Gasteiger charge is -2.23. The predicted molar refractivity (Wildman–Crippen MR) is 106 cm³/mol. The zero-order valence-corrected chi connectivity index (χ0v) is 15.8. The van der Waals surface area contributed by atoms with Crippen LogP contribution < -0.4 is 15.4 Å². The van der Waals surface area contributed by atoms with E-state index < -0.39 is 5.82 Å². The lowest BCUT2D eigenvalue weighted by Crippen LogP contribution is -2.40. The summed E-state index contributed by atoms with van der Waals surface area (Å²) in [5.74, 6) is -0.0985. The van der Waals surface area contributed by atoms with E-state index >= 15 is 0 Å². The first kappa shape index (κ1) is 19.8. The summed E-state index contributed by atoms with van der Waals surface area (Å²) < 4.78 is 18.7. The first-order chi connectivity index (χ1) is 13.6. The number of amides is 2. The number of carbonyl (C=O) groups excluding carboxylic acids is 2. The molecule has 1 fully saturated rings. The minimum Gasteiger partial charge on any atom is -0.497 e. The molecule has 0 saturated carbocycles. The van der Waals surface area contributed by atoms with Crippen molar-refractivity contribution in [2.75, 3.05) is 30.8 Å². The Bertz CT molecular complexity index is 826. The number of nitrogens with one attached hydrogen (secondary N) is 2. The van der Waals surface area contributed by atoms with E-state index in [4.69, 9.17) is 4.74 Å². The molecule has 1 aliphatic rings. The highest BCUT2D eigenvalue weighted by Gasteiger charge is 2.30. The summed E-state index contributed by atoms with van der Waals surface area (Å²) in [4.78, 5) is 26.8. The molecule has 2 amide bonds. The molecule has 0 radical (unpaired) electrons. The van der Waals surface area contributed by atoms with Gasteiger partial charge in [-0.25, -0.2) is 4.39 Å². The fourth-order valence-electron chi connectivity index (χ4n) is 3.31. The number of nitrogens with zero attached hydrogens (tertiary/aromatic N) is 1. The maximum atomic E-state index is 13.6. The fraction of sp³-hybridized carbons (Fsp3) is 0.333. The van der Waals surface area contributed by atoms with Crippen LogP contribution in [0.5, 0.6) is 5.75 Å². The molecular formula is C21H24FN3O3. The molecule has 0 aliphatic carbocycles. The summed E-state index contributed by atoms with van der Waals surface area (Å²) in [6.45, 7) is 1.20. The molecule has 7 heteroatoms. The van der Waals surface area contributed by atoms with Crippen molar-refractivity contribution in [3.63, 3.8) is 0 Å². The maximum Gasteiger partial charge on any atom is 0.241 e. The van der Waals surface area contributed by atoms with Crippen LogP contribution in [0.3, 0.4) is 0 Å². The van der Waals surface area contributed by atoms with Crippen LogP contribution >= 0.6 is 0 Å². The summed E-state index contributed by atoms with van der Waals surface area (Å²) >= 11 is 0. The van der Waals surface area contributed by atoms with Gasteiger partial charge in [0.25, 0.3) is 0 Å². The second-order valence-electron chi connectivity index (χ2n) is 6.69. The normalized spacial score (nSPS) is 16.6. The quantitative estimate of drug-likeness (QED) is 0.768. The van der Waals surface area contributed by atoms with Crippen molar-refractivity contribution in [2.45, 2.75) is 25.3 Å². The van der Waals surface area contributed by atoms with Crippen molar-refractivity contribution >= 4 is 23.2 Å². The second kappa shape index (κ2) is 9.32. The lowest BCUT2D eigenvalue weighted by atomic mass is 10.2. The summed E-state index contributed by atoms with van der Waals surface area (Å²) in [5, 5.41) is 5.49. The van der Waals surface area contributed by atoms with E-state index in [2.05, 4.69) is 10.6 Å². The van der Waals surface area contributed by atoms with Crippen molar-refractivity contribution in [3.8, 4) is 5.75 Å². The standard InChI is InChI=1S/C21H24FN3O3/c1-28-16-10-8-15(9-11-16)23-21(27)19-7-4-13-25(19)14-12-20(26)24-18-6-3-2-5-17(18)22/h2-3,5-6,8-11,19H,4,7,12-14H2,1H3,(H,23,27)(H,24,26). The largest absolute Gasteiger partial charge is 0.497 e. The summed E-state index contributed by atoms with van der Waals surface area (Å²) in [6.07, 6.45) is 1.84. The van der Waals surface area contributed by atoms with Crippen molar-refractivity contribution in [1.29, 1.82) is 0 Å². The average Bonchev–Trinajstić information content (AvgIpc) is 3.17. The van der Waals surface area contributed by atoms with Crippen LogP contribution in [0.1, 0.15) is 19.3 Å². The van der Waals surface area contributed by atoms with Gasteiger partial charge in [0.2, 0.25) is 11.8 Å². The second-order valence-corrected chi connectivity index (χ2v) is 6.69. The number of likely N-dealkylation sites (tertiary alicyclic amines) is 1. The number of ether oxygens (including phenoxy) is 1. The van der Waals surface area contributed by atoms with Gasteiger partial charge in [-0.1, -0.05) is 12.1 Å². The van der Waals surface area contributed by atoms with Gasteiger partial charge < -0.3 is 15.4 Å². The summed E-state index contributed by atoms with van der Waals surface area (Å²) in [7, 11) is 1.59. The van der Waals surface area contributed by atoms with Crippen LogP contribution in [0.25, 0.3) is 0 Å². The SMILES string of the molecule is COc1ccc(NC(=O)C2CCCN2CCC(=O)Nc2ccccc2F)cc1. The van der Waals surface area contributed by atoms with E-state index in [1.54, 1.807) is 43.5 Å². The predicted octanol–water partition coefficient (Wildman–Crippen LogP) is 3.27. The molecule has 1 saturated heterocycles. The third kappa shape index (κ3) is 5.07. The van der Waals surface area contributed by atoms with E-state index in [0.29, 0.717) is 12.2 Å². The number of benzene rings is 2. The zero-order chi connectivity index (χ0) is 19.9. The third-order valence-corrected chi connectivity index (χ3v) is 4.80. The van der Waals surface area contributed by atoms with E-state index in [-0.39, 0.29) is 30.0 Å². The van der Waals surface area contributed by atoms with E-state index in [1.807, 2.05) is 4.90 Å². The number of carbonyl (C=O) groups is 2. The first-order valence-electron chi connectivity index (χ1n) is 9.30. The Labute approximate surface area is 163 Å². The minimum absolute atomic E-state index is 0.0859. The first-order valence-corrected chi connectivity index (χ1v) is 9.30. The number of methoxy groups -OCH3 is 1. The number of halogens is 1. The van der Waals surface area contributed by atoms with Gasteiger partial charge >= 0.3 is 0 Å². The lowest BCUT2D eigenvalue weighted by molar-refractivity contribution is -0.121. The number of hydrogen-bond donors (Lipinski definition) is 2. The van der Waals surface area contributed by atoms with Crippen LogP contribution in [0, 0.1) is 5.82 Å². The third-order valence-electron chi connectivity index (χ3n) is 4.80. The Kier molecular flexibility index (Phi) is 6.60. The molecule has 148 valence electrons. The van der Waals surface area contributed by atoms with E-state index in [0.717, 1.165) is 25.1 Å². The van der Waals surface area contributed by atoms with Gasteiger partial charge in [-0.15, -0.1) is 0 Å². The Hall–Kier alpha value is -2.93. The number of anilines is 2. The van der Waals surface area contributed by atoms with Crippen molar-refractivity contribution in [2.24, 2.45) is 0 Å². The Morgan fingerprint density at radius 3 is 2.61 bits per heavy atom.